The van der Waals surface area contributed by atoms with Gasteiger partial charge in [0.05, 0.1) is 6.42 Å². The van der Waals surface area contributed by atoms with Crippen LogP contribution in [0.15, 0.2) is 18.2 Å². The third-order valence-electron chi connectivity index (χ3n) is 3.79. The Kier molecular flexibility index (Phi) is 3.86. The number of hydrogen-bond donors (Lipinski definition) is 2. The number of aliphatic carboxylic acids is 1. The molecule has 0 aliphatic carbocycles. The van der Waals surface area contributed by atoms with Gasteiger partial charge >= 0.3 is 5.97 Å². The third kappa shape index (κ3) is 2.91. The third-order valence-corrected chi connectivity index (χ3v) is 3.79. The lowest BCUT2D eigenvalue weighted by Crippen LogP contribution is -2.53. The van der Waals surface area contributed by atoms with E-state index < -0.39 is 16.9 Å². The van der Waals surface area contributed by atoms with E-state index in [-0.39, 0.29) is 6.42 Å². The van der Waals surface area contributed by atoms with Gasteiger partial charge in [0.2, 0.25) is 0 Å². The average molecular weight is 249 g/mol. The largest absolute Gasteiger partial charge is 0.481 e. The predicted octanol–water partition coefficient (Wildman–Crippen LogP) is 2.77. The molecule has 0 aromatic heterocycles. The molecule has 3 nitrogen and oxygen atoms in total. The van der Waals surface area contributed by atoms with Crippen molar-refractivity contribution >= 4 is 5.97 Å². The van der Waals surface area contributed by atoms with Crippen LogP contribution in [-0.4, -0.2) is 16.6 Å². The Morgan fingerprint density at radius 1 is 1.17 bits per heavy atom. The Morgan fingerprint density at radius 3 is 1.94 bits per heavy atom. The van der Waals surface area contributed by atoms with Crippen LogP contribution in [-0.2, 0) is 10.2 Å². The first-order chi connectivity index (χ1) is 8.06. The molecule has 0 bridgehead atoms. The summed E-state index contributed by atoms with van der Waals surface area (Å²) in [5.74, 6) is -0.824. The molecule has 3 N–H and O–H groups in total. The second kappa shape index (κ2) is 4.73. The van der Waals surface area contributed by atoms with Gasteiger partial charge in [0.15, 0.2) is 0 Å². The molecule has 1 aromatic rings. The number of carboxylic acids is 1. The molecule has 0 amide bonds. The summed E-state index contributed by atoms with van der Waals surface area (Å²) >= 11 is 0. The number of carbonyl (C=O) groups is 1. The number of rotatable bonds is 4. The summed E-state index contributed by atoms with van der Waals surface area (Å²) in [5, 5.41) is 9.16. The van der Waals surface area contributed by atoms with Crippen LogP contribution in [0.4, 0.5) is 0 Å². The fraction of sp³-hybridized carbons (Fsp3) is 0.533. The number of aryl methyl sites for hydroxylation is 2. The maximum atomic E-state index is 11.1. The Hall–Kier alpha value is -1.35. The number of nitrogens with two attached hydrogens (primary N) is 1. The Bertz CT molecular complexity index is 440. The summed E-state index contributed by atoms with van der Waals surface area (Å²) in [5.41, 5.74) is 8.29. The van der Waals surface area contributed by atoms with Gasteiger partial charge < -0.3 is 10.8 Å². The van der Waals surface area contributed by atoms with Crippen LogP contribution in [0.1, 0.15) is 43.9 Å². The normalized spacial score (nSPS) is 15.2. The van der Waals surface area contributed by atoms with Crippen molar-refractivity contribution in [2.24, 2.45) is 5.73 Å². The standard InChI is InChI=1S/C15H23NO2/c1-10-6-11(2)8-12(7-10)15(5,9-13(17)18)14(3,4)16/h6-8H,9,16H2,1-5H3,(H,17,18). The lowest BCUT2D eigenvalue weighted by molar-refractivity contribution is -0.139. The minimum atomic E-state index is -0.824. The van der Waals surface area contributed by atoms with Gasteiger partial charge in [-0.3, -0.25) is 4.79 Å². The molecule has 1 unspecified atom stereocenters. The van der Waals surface area contributed by atoms with Crippen LogP contribution >= 0.6 is 0 Å². The second-order valence-corrected chi connectivity index (χ2v) is 6.00. The summed E-state index contributed by atoms with van der Waals surface area (Å²) in [6.07, 6.45) is 0.0272. The topological polar surface area (TPSA) is 63.3 Å². The van der Waals surface area contributed by atoms with E-state index in [2.05, 4.69) is 6.07 Å². The van der Waals surface area contributed by atoms with Crippen molar-refractivity contribution in [3.05, 3.63) is 34.9 Å². The quantitative estimate of drug-likeness (QED) is 0.862. The highest BCUT2D eigenvalue weighted by atomic mass is 16.4. The molecule has 0 saturated heterocycles. The molecule has 0 heterocycles. The SMILES string of the molecule is Cc1cc(C)cc(C(C)(CC(=O)O)C(C)(C)N)c1. The number of benzene rings is 1. The van der Waals surface area contributed by atoms with Crippen molar-refractivity contribution in [2.75, 3.05) is 0 Å². The fourth-order valence-electron chi connectivity index (χ4n) is 2.30. The first-order valence-electron chi connectivity index (χ1n) is 6.16. The van der Waals surface area contributed by atoms with E-state index >= 15 is 0 Å². The van der Waals surface area contributed by atoms with Crippen LogP contribution in [0.3, 0.4) is 0 Å². The highest BCUT2D eigenvalue weighted by Gasteiger charge is 2.41. The van der Waals surface area contributed by atoms with Crippen molar-refractivity contribution in [3.63, 3.8) is 0 Å². The maximum Gasteiger partial charge on any atom is 0.304 e. The summed E-state index contributed by atoms with van der Waals surface area (Å²) in [4.78, 5) is 11.1. The Balaban J connectivity index is 3.39. The minimum Gasteiger partial charge on any atom is -0.481 e. The maximum absolute atomic E-state index is 11.1. The zero-order chi connectivity index (χ0) is 14.1. The zero-order valence-electron chi connectivity index (χ0n) is 11.9. The lowest BCUT2D eigenvalue weighted by Gasteiger charge is -2.41. The molecule has 1 rings (SSSR count). The molecule has 0 spiro atoms. The Morgan fingerprint density at radius 2 is 1.61 bits per heavy atom. The van der Waals surface area contributed by atoms with E-state index in [0.29, 0.717) is 0 Å². The van der Waals surface area contributed by atoms with Gasteiger partial charge in [0, 0.05) is 11.0 Å². The van der Waals surface area contributed by atoms with E-state index in [1.165, 1.54) is 0 Å². The van der Waals surface area contributed by atoms with Gasteiger partial charge in [-0.05, 0) is 33.3 Å². The van der Waals surface area contributed by atoms with Gasteiger partial charge in [0.1, 0.15) is 0 Å². The van der Waals surface area contributed by atoms with Crippen molar-refractivity contribution in [1.82, 2.24) is 0 Å². The summed E-state index contributed by atoms with van der Waals surface area (Å²) < 4.78 is 0. The molecule has 1 aromatic carbocycles. The Labute approximate surface area is 109 Å². The van der Waals surface area contributed by atoms with Crippen LogP contribution in [0.2, 0.25) is 0 Å². The molecule has 100 valence electrons. The zero-order valence-corrected chi connectivity index (χ0v) is 11.9. The number of hydrogen-bond acceptors (Lipinski definition) is 2. The average Bonchev–Trinajstić information content (AvgIpc) is 2.12. The molecular formula is C15H23NO2. The second-order valence-electron chi connectivity index (χ2n) is 6.00. The van der Waals surface area contributed by atoms with E-state index in [1.807, 2.05) is 46.8 Å². The van der Waals surface area contributed by atoms with Crippen molar-refractivity contribution in [3.8, 4) is 0 Å². The van der Waals surface area contributed by atoms with Gasteiger partial charge in [0.25, 0.3) is 0 Å². The van der Waals surface area contributed by atoms with Crippen molar-refractivity contribution in [1.29, 1.82) is 0 Å². The van der Waals surface area contributed by atoms with E-state index in [9.17, 15) is 4.79 Å². The number of carboxylic acid groups (broad SMARTS) is 1. The highest BCUT2D eigenvalue weighted by Crippen LogP contribution is 2.37. The molecular weight excluding hydrogens is 226 g/mol. The molecule has 1 atom stereocenters. The first-order valence-corrected chi connectivity index (χ1v) is 6.16. The molecule has 18 heavy (non-hydrogen) atoms. The summed E-state index contributed by atoms with van der Waals surface area (Å²) in [7, 11) is 0. The van der Waals surface area contributed by atoms with Gasteiger partial charge in [-0.25, -0.2) is 0 Å². The van der Waals surface area contributed by atoms with Crippen molar-refractivity contribution in [2.45, 2.75) is 52.0 Å². The molecule has 0 aliphatic rings. The van der Waals surface area contributed by atoms with Crippen LogP contribution in [0, 0.1) is 13.8 Å². The summed E-state index contributed by atoms with van der Waals surface area (Å²) in [6.45, 7) is 9.72. The van der Waals surface area contributed by atoms with E-state index in [4.69, 9.17) is 10.8 Å². The highest BCUT2D eigenvalue weighted by molar-refractivity contribution is 5.69. The van der Waals surface area contributed by atoms with Crippen LogP contribution in [0.5, 0.6) is 0 Å². The van der Waals surface area contributed by atoms with Crippen LogP contribution in [0.25, 0.3) is 0 Å². The lowest BCUT2D eigenvalue weighted by atomic mass is 9.66. The van der Waals surface area contributed by atoms with Gasteiger partial charge in [-0.1, -0.05) is 36.2 Å². The molecule has 0 aliphatic heterocycles. The monoisotopic (exact) mass is 249 g/mol. The molecule has 0 radical (unpaired) electrons. The predicted molar refractivity (Wildman–Crippen MR) is 73.8 cm³/mol. The molecule has 0 fully saturated rings. The van der Waals surface area contributed by atoms with E-state index in [0.717, 1.165) is 16.7 Å². The molecule has 3 heteroatoms. The molecule has 0 saturated carbocycles. The van der Waals surface area contributed by atoms with Crippen molar-refractivity contribution < 1.29 is 9.90 Å². The first kappa shape index (κ1) is 14.7. The fourth-order valence-corrected chi connectivity index (χ4v) is 2.30. The minimum absolute atomic E-state index is 0.0272. The smallest absolute Gasteiger partial charge is 0.304 e. The van der Waals surface area contributed by atoms with Gasteiger partial charge in [-0.2, -0.15) is 0 Å². The van der Waals surface area contributed by atoms with Crippen LogP contribution < -0.4 is 5.73 Å². The summed E-state index contributed by atoms with van der Waals surface area (Å²) in [6, 6.07) is 6.14. The van der Waals surface area contributed by atoms with Gasteiger partial charge in [-0.15, -0.1) is 0 Å². The van der Waals surface area contributed by atoms with E-state index in [1.54, 1.807) is 0 Å².